The zero-order valence-electron chi connectivity index (χ0n) is 10.1. The van der Waals surface area contributed by atoms with Crippen LogP contribution in [0.2, 0.25) is 0 Å². The third-order valence-electron chi connectivity index (χ3n) is 2.70. The maximum atomic E-state index is 13.8. The summed E-state index contributed by atoms with van der Waals surface area (Å²) in [5.41, 5.74) is 0.223. The summed E-state index contributed by atoms with van der Waals surface area (Å²) in [6, 6.07) is 7.79. The summed E-state index contributed by atoms with van der Waals surface area (Å²) < 4.78 is 40.4. The van der Waals surface area contributed by atoms with Gasteiger partial charge in [0.25, 0.3) is 0 Å². The highest BCUT2D eigenvalue weighted by Gasteiger charge is 2.13. The van der Waals surface area contributed by atoms with Crippen LogP contribution in [-0.2, 0) is 6.54 Å². The second-order valence-corrected chi connectivity index (χ2v) is 4.83. The van der Waals surface area contributed by atoms with Gasteiger partial charge >= 0.3 is 0 Å². The number of nitrogens with one attached hydrogen (secondary N) is 1. The first-order chi connectivity index (χ1) is 9.52. The van der Waals surface area contributed by atoms with E-state index < -0.39 is 17.5 Å². The van der Waals surface area contributed by atoms with Crippen molar-refractivity contribution in [1.82, 2.24) is 0 Å². The van der Waals surface area contributed by atoms with Crippen LogP contribution in [0.4, 0.5) is 18.9 Å². The number of hydrogen-bond acceptors (Lipinski definition) is 2. The molecular weight excluding hydrogens is 333 g/mol. The Hall–Kier alpha value is -2.00. The van der Waals surface area contributed by atoms with Crippen molar-refractivity contribution in [2.24, 2.45) is 0 Å². The van der Waals surface area contributed by atoms with Crippen LogP contribution in [0.5, 0.6) is 0 Å². The van der Waals surface area contributed by atoms with Gasteiger partial charge in [0, 0.05) is 12.1 Å². The fraction of sp³-hybridized carbons (Fsp3) is 0.0714. The van der Waals surface area contributed by atoms with E-state index in [1.807, 2.05) is 6.07 Å². The Morgan fingerprint density at radius 3 is 2.60 bits per heavy atom. The van der Waals surface area contributed by atoms with E-state index in [1.54, 1.807) is 0 Å². The number of benzene rings is 2. The Morgan fingerprint density at radius 1 is 1.15 bits per heavy atom. The highest BCUT2D eigenvalue weighted by Crippen LogP contribution is 2.23. The summed E-state index contributed by atoms with van der Waals surface area (Å²) in [6.07, 6.45) is 0. The van der Waals surface area contributed by atoms with Crippen molar-refractivity contribution >= 4 is 21.6 Å². The molecule has 0 unspecified atom stereocenters. The quantitative estimate of drug-likeness (QED) is 0.843. The molecule has 2 nitrogen and oxygen atoms in total. The molecule has 0 aliphatic carbocycles. The molecule has 0 spiro atoms. The summed E-state index contributed by atoms with van der Waals surface area (Å²) in [4.78, 5) is 0. The second kappa shape index (κ2) is 5.97. The minimum Gasteiger partial charge on any atom is -0.380 e. The molecule has 102 valence electrons. The van der Waals surface area contributed by atoms with E-state index in [4.69, 9.17) is 5.26 Å². The molecule has 0 heterocycles. The molecule has 0 saturated heterocycles. The smallest absolute Gasteiger partial charge is 0.145 e. The molecule has 0 radical (unpaired) electrons. The maximum Gasteiger partial charge on any atom is 0.145 e. The SMILES string of the molecule is N#Cc1cc(F)ccc1NCc1c(F)ccc(Br)c1F. The third kappa shape index (κ3) is 2.94. The van der Waals surface area contributed by atoms with E-state index in [0.29, 0.717) is 5.69 Å². The Bertz CT molecular complexity index is 696. The molecule has 20 heavy (non-hydrogen) atoms. The number of hydrogen-bond donors (Lipinski definition) is 1. The van der Waals surface area contributed by atoms with E-state index in [1.165, 1.54) is 12.1 Å². The number of rotatable bonds is 3. The topological polar surface area (TPSA) is 35.8 Å². The lowest BCUT2D eigenvalue weighted by Crippen LogP contribution is -2.06. The van der Waals surface area contributed by atoms with Gasteiger partial charge in [-0.05, 0) is 46.3 Å². The lowest BCUT2D eigenvalue weighted by Gasteiger charge is -2.10. The van der Waals surface area contributed by atoms with Gasteiger partial charge in [0.15, 0.2) is 0 Å². The molecule has 0 aromatic heterocycles. The maximum absolute atomic E-state index is 13.8. The number of nitrogens with zero attached hydrogens (tertiary/aromatic N) is 1. The van der Waals surface area contributed by atoms with Gasteiger partial charge in [-0.3, -0.25) is 0 Å². The number of halogens is 4. The molecule has 0 aliphatic heterocycles. The summed E-state index contributed by atoms with van der Waals surface area (Å²) in [7, 11) is 0. The van der Waals surface area contributed by atoms with Gasteiger partial charge in [0.2, 0.25) is 0 Å². The van der Waals surface area contributed by atoms with Crippen molar-refractivity contribution in [3.63, 3.8) is 0 Å². The summed E-state index contributed by atoms with van der Waals surface area (Å²) in [5, 5.41) is 11.6. The zero-order valence-corrected chi connectivity index (χ0v) is 11.6. The predicted octanol–water partition coefficient (Wildman–Crippen LogP) is 4.35. The van der Waals surface area contributed by atoms with Crippen LogP contribution in [0.25, 0.3) is 0 Å². The molecule has 1 N–H and O–H groups in total. The van der Waals surface area contributed by atoms with Crippen molar-refractivity contribution in [2.45, 2.75) is 6.54 Å². The van der Waals surface area contributed by atoms with E-state index in [2.05, 4.69) is 21.2 Å². The normalized spacial score (nSPS) is 10.2. The van der Waals surface area contributed by atoms with Gasteiger partial charge in [-0.1, -0.05) is 0 Å². The van der Waals surface area contributed by atoms with E-state index in [0.717, 1.165) is 18.2 Å². The van der Waals surface area contributed by atoms with Crippen molar-refractivity contribution < 1.29 is 13.2 Å². The van der Waals surface area contributed by atoms with Gasteiger partial charge in [-0.15, -0.1) is 0 Å². The van der Waals surface area contributed by atoms with E-state index >= 15 is 0 Å². The molecule has 0 aliphatic rings. The first kappa shape index (κ1) is 14.4. The molecule has 2 aromatic carbocycles. The Kier molecular flexibility index (Phi) is 4.30. The van der Waals surface area contributed by atoms with Gasteiger partial charge in [0.05, 0.1) is 15.7 Å². The summed E-state index contributed by atoms with van der Waals surface area (Å²) in [6.45, 7) is -0.155. The molecule has 0 fully saturated rings. The molecule has 0 bridgehead atoms. The summed E-state index contributed by atoms with van der Waals surface area (Å²) >= 11 is 2.97. The van der Waals surface area contributed by atoms with Crippen LogP contribution in [0, 0.1) is 28.8 Å². The minimum atomic E-state index is -0.710. The van der Waals surface area contributed by atoms with Gasteiger partial charge in [0.1, 0.15) is 23.5 Å². The van der Waals surface area contributed by atoms with Crippen molar-refractivity contribution in [1.29, 1.82) is 5.26 Å². The average molecular weight is 341 g/mol. The van der Waals surface area contributed by atoms with Crippen LogP contribution in [0.15, 0.2) is 34.8 Å². The molecule has 0 amide bonds. The van der Waals surface area contributed by atoms with Crippen LogP contribution in [0.3, 0.4) is 0 Å². The molecule has 6 heteroatoms. The monoisotopic (exact) mass is 340 g/mol. The van der Waals surface area contributed by atoms with Gasteiger partial charge in [-0.2, -0.15) is 5.26 Å². The highest BCUT2D eigenvalue weighted by molar-refractivity contribution is 9.10. The zero-order chi connectivity index (χ0) is 14.7. The van der Waals surface area contributed by atoms with E-state index in [9.17, 15) is 13.2 Å². The third-order valence-corrected chi connectivity index (χ3v) is 3.31. The van der Waals surface area contributed by atoms with Crippen molar-refractivity contribution in [3.8, 4) is 6.07 Å². The molecule has 0 saturated carbocycles. The number of nitriles is 1. The Labute approximate surface area is 122 Å². The average Bonchev–Trinajstić information content (AvgIpc) is 2.44. The standard InChI is InChI=1S/C14H8BrF3N2/c15-11-2-3-12(17)10(14(11)18)7-20-13-4-1-9(16)5-8(13)6-19/h1-5,20H,7H2. The van der Waals surface area contributed by atoms with Crippen LogP contribution in [0.1, 0.15) is 11.1 Å². The Balaban J connectivity index is 2.26. The first-order valence-corrected chi connectivity index (χ1v) is 6.38. The van der Waals surface area contributed by atoms with Crippen molar-refractivity contribution in [2.75, 3.05) is 5.32 Å². The fourth-order valence-corrected chi connectivity index (χ4v) is 2.05. The largest absolute Gasteiger partial charge is 0.380 e. The van der Waals surface area contributed by atoms with Gasteiger partial charge in [-0.25, -0.2) is 13.2 Å². The lowest BCUT2D eigenvalue weighted by atomic mass is 10.1. The van der Waals surface area contributed by atoms with Crippen molar-refractivity contribution in [3.05, 3.63) is 63.4 Å². The van der Waals surface area contributed by atoms with E-state index in [-0.39, 0.29) is 22.1 Å². The highest BCUT2D eigenvalue weighted by atomic mass is 79.9. The first-order valence-electron chi connectivity index (χ1n) is 5.59. The molecule has 2 rings (SSSR count). The Morgan fingerprint density at radius 2 is 1.90 bits per heavy atom. The minimum absolute atomic E-state index is 0.0702. The summed E-state index contributed by atoms with van der Waals surface area (Å²) in [5.74, 6) is -1.95. The molecule has 0 atom stereocenters. The van der Waals surface area contributed by atoms with Crippen LogP contribution < -0.4 is 5.32 Å². The molecule has 2 aromatic rings. The predicted molar refractivity (Wildman–Crippen MR) is 72.5 cm³/mol. The lowest BCUT2D eigenvalue weighted by molar-refractivity contribution is 0.555. The van der Waals surface area contributed by atoms with Gasteiger partial charge < -0.3 is 5.32 Å². The molecular formula is C14H8BrF3N2. The second-order valence-electron chi connectivity index (χ2n) is 3.98. The van der Waals surface area contributed by atoms with Crippen LogP contribution in [-0.4, -0.2) is 0 Å². The van der Waals surface area contributed by atoms with Crippen LogP contribution >= 0.6 is 15.9 Å². The number of anilines is 1. The fourth-order valence-electron chi connectivity index (χ4n) is 1.68.